The molecule has 0 aliphatic heterocycles. The first-order chi connectivity index (χ1) is 15.5. The Morgan fingerprint density at radius 3 is 2.24 bits per heavy atom. The van der Waals surface area contributed by atoms with Crippen molar-refractivity contribution in [1.29, 1.82) is 0 Å². The second kappa shape index (κ2) is 9.80. The number of halogens is 1. The molecule has 174 valence electrons. The van der Waals surface area contributed by atoms with E-state index in [9.17, 15) is 13.2 Å². The van der Waals surface area contributed by atoms with Gasteiger partial charge in [-0.1, -0.05) is 17.7 Å². The van der Waals surface area contributed by atoms with Gasteiger partial charge in [0, 0.05) is 27.7 Å². The lowest BCUT2D eigenvalue weighted by Crippen LogP contribution is -2.39. The molecule has 0 aliphatic carbocycles. The summed E-state index contributed by atoms with van der Waals surface area (Å²) >= 11 is 5.87. The first-order valence-corrected chi connectivity index (χ1v) is 12.5. The molecule has 0 aliphatic rings. The van der Waals surface area contributed by atoms with Crippen LogP contribution in [-0.2, 0) is 14.8 Å². The second-order valence-electron chi connectivity index (χ2n) is 8.05. The standard InChI is InChI=1S/C24H27ClN4O3S/c1-16-10-17(2)12-23(11-16)29-18(3)13-20(19(29)4)14-26-27-24(30)15-28(33(5,31)32)22-8-6-21(25)7-9-22/h6-14H,15H2,1-5H3,(H,27,30)/b26-14+. The van der Waals surface area contributed by atoms with Gasteiger partial charge in [0.05, 0.1) is 18.2 Å². The smallest absolute Gasteiger partial charge is 0.260 e. The lowest BCUT2D eigenvalue weighted by atomic mass is 10.1. The predicted octanol–water partition coefficient (Wildman–Crippen LogP) is 4.28. The van der Waals surface area contributed by atoms with Gasteiger partial charge in [0.25, 0.3) is 5.91 Å². The molecular formula is C24H27ClN4O3S. The third-order valence-corrected chi connectivity index (χ3v) is 6.52. The lowest BCUT2D eigenvalue weighted by Gasteiger charge is -2.21. The highest BCUT2D eigenvalue weighted by molar-refractivity contribution is 7.92. The van der Waals surface area contributed by atoms with E-state index in [1.807, 2.05) is 19.9 Å². The maximum atomic E-state index is 12.4. The van der Waals surface area contributed by atoms with Crippen molar-refractivity contribution >= 4 is 39.4 Å². The van der Waals surface area contributed by atoms with Crippen LogP contribution >= 0.6 is 11.6 Å². The van der Waals surface area contributed by atoms with E-state index < -0.39 is 22.5 Å². The van der Waals surface area contributed by atoms with Crippen molar-refractivity contribution < 1.29 is 13.2 Å². The molecule has 2 aromatic carbocycles. The van der Waals surface area contributed by atoms with Gasteiger partial charge in [0.2, 0.25) is 10.0 Å². The number of sulfonamides is 1. The Balaban J connectivity index is 1.75. The van der Waals surface area contributed by atoms with E-state index in [4.69, 9.17) is 11.6 Å². The van der Waals surface area contributed by atoms with E-state index in [0.717, 1.165) is 33.2 Å². The van der Waals surface area contributed by atoms with Crippen molar-refractivity contribution in [2.24, 2.45) is 5.10 Å². The highest BCUT2D eigenvalue weighted by atomic mass is 35.5. The van der Waals surface area contributed by atoms with Crippen molar-refractivity contribution in [2.45, 2.75) is 27.7 Å². The van der Waals surface area contributed by atoms with Gasteiger partial charge in [0.1, 0.15) is 6.54 Å². The molecular weight excluding hydrogens is 460 g/mol. The van der Waals surface area contributed by atoms with Crippen molar-refractivity contribution in [2.75, 3.05) is 17.1 Å². The molecule has 7 nitrogen and oxygen atoms in total. The molecule has 0 fully saturated rings. The van der Waals surface area contributed by atoms with Crippen LogP contribution in [0.3, 0.4) is 0 Å². The van der Waals surface area contributed by atoms with E-state index in [0.29, 0.717) is 10.7 Å². The number of anilines is 1. The minimum absolute atomic E-state index is 0.345. The summed E-state index contributed by atoms with van der Waals surface area (Å²) in [4.78, 5) is 12.4. The number of hydrogen-bond acceptors (Lipinski definition) is 4. The molecule has 1 aromatic heterocycles. The first-order valence-electron chi connectivity index (χ1n) is 10.3. The average molecular weight is 487 g/mol. The molecule has 0 saturated heterocycles. The van der Waals surface area contributed by atoms with Gasteiger partial charge in [-0.3, -0.25) is 9.10 Å². The number of hydrogen-bond donors (Lipinski definition) is 1. The molecule has 1 heterocycles. The fourth-order valence-corrected chi connectivity index (χ4v) is 4.72. The van der Waals surface area contributed by atoms with Crippen LogP contribution in [0.4, 0.5) is 5.69 Å². The average Bonchev–Trinajstić information content (AvgIpc) is 2.98. The molecule has 3 aromatic rings. The van der Waals surface area contributed by atoms with E-state index in [-0.39, 0.29) is 0 Å². The number of carbonyl (C=O) groups is 1. The summed E-state index contributed by atoms with van der Waals surface area (Å²) in [6.45, 7) is 7.72. The minimum atomic E-state index is -3.68. The summed E-state index contributed by atoms with van der Waals surface area (Å²) in [5.41, 5.74) is 9.06. The number of benzene rings is 2. The Morgan fingerprint density at radius 2 is 1.67 bits per heavy atom. The fourth-order valence-electron chi connectivity index (χ4n) is 3.74. The van der Waals surface area contributed by atoms with Gasteiger partial charge in [-0.05, 0) is 81.3 Å². The third-order valence-electron chi connectivity index (χ3n) is 5.13. The molecule has 9 heteroatoms. The van der Waals surface area contributed by atoms with E-state index in [2.05, 4.69) is 47.1 Å². The molecule has 0 bridgehead atoms. The molecule has 0 saturated carbocycles. The summed E-state index contributed by atoms with van der Waals surface area (Å²) in [7, 11) is -3.68. The summed E-state index contributed by atoms with van der Waals surface area (Å²) in [5.74, 6) is -0.560. The molecule has 3 rings (SSSR count). The van der Waals surface area contributed by atoms with Crippen LogP contribution in [-0.4, -0.2) is 37.9 Å². The van der Waals surface area contributed by atoms with Crippen LogP contribution in [0.1, 0.15) is 28.1 Å². The maximum Gasteiger partial charge on any atom is 0.260 e. The molecule has 0 radical (unpaired) electrons. The van der Waals surface area contributed by atoms with Gasteiger partial charge in [-0.25, -0.2) is 13.8 Å². The van der Waals surface area contributed by atoms with Gasteiger partial charge < -0.3 is 4.57 Å². The van der Waals surface area contributed by atoms with Crippen molar-refractivity contribution in [3.63, 3.8) is 0 Å². The third kappa shape index (κ3) is 6.03. The Kier molecular flexibility index (Phi) is 7.29. The normalized spacial score (nSPS) is 11.7. The maximum absolute atomic E-state index is 12.4. The summed E-state index contributed by atoms with van der Waals surface area (Å²) in [6.07, 6.45) is 2.60. The number of amides is 1. The van der Waals surface area contributed by atoms with Gasteiger partial charge in [0.15, 0.2) is 0 Å². The Labute approximate surface area is 199 Å². The SMILES string of the molecule is Cc1cc(C)cc(-n2c(C)cc(/C=N/NC(=O)CN(c3ccc(Cl)cc3)S(C)(=O)=O)c2C)c1. The lowest BCUT2D eigenvalue weighted by molar-refractivity contribution is -0.119. The van der Waals surface area contributed by atoms with Gasteiger partial charge in [-0.2, -0.15) is 5.10 Å². The van der Waals surface area contributed by atoms with Crippen LogP contribution in [0.5, 0.6) is 0 Å². The van der Waals surface area contributed by atoms with E-state index in [1.165, 1.54) is 11.1 Å². The molecule has 0 spiro atoms. The van der Waals surface area contributed by atoms with Crippen molar-refractivity contribution in [3.8, 4) is 5.69 Å². The second-order valence-corrected chi connectivity index (χ2v) is 10.4. The van der Waals surface area contributed by atoms with E-state index >= 15 is 0 Å². The molecule has 1 amide bonds. The molecule has 0 unspecified atom stereocenters. The highest BCUT2D eigenvalue weighted by Crippen LogP contribution is 2.22. The number of nitrogens with zero attached hydrogens (tertiary/aromatic N) is 3. The Hall–Kier alpha value is -3.10. The quantitative estimate of drug-likeness (QED) is 0.399. The monoisotopic (exact) mass is 486 g/mol. The topological polar surface area (TPSA) is 83.8 Å². The number of aryl methyl sites for hydroxylation is 3. The number of nitrogens with one attached hydrogen (secondary N) is 1. The summed E-state index contributed by atoms with van der Waals surface area (Å²) in [6, 6.07) is 14.6. The Bertz CT molecular complexity index is 1290. The van der Waals surface area contributed by atoms with Crippen molar-refractivity contribution in [1.82, 2.24) is 9.99 Å². The first kappa shape index (κ1) is 24.5. The Morgan fingerprint density at radius 1 is 1.06 bits per heavy atom. The van der Waals surface area contributed by atoms with E-state index in [1.54, 1.807) is 30.5 Å². The molecule has 1 N–H and O–H groups in total. The zero-order valence-corrected chi connectivity index (χ0v) is 20.8. The highest BCUT2D eigenvalue weighted by Gasteiger charge is 2.20. The number of carbonyl (C=O) groups excluding carboxylic acids is 1. The fraction of sp³-hybridized carbons (Fsp3) is 0.250. The van der Waals surface area contributed by atoms with Crippen LogP contribution in [0, 0.1) is 27.7 Å². The number of rotatable bonds is 7. The zero-order valence-electron chi connectivity index (χ0n) is 19.3. The zero-order chi connectivity index (χ0) is 24.3. The van der Waals surface area contributed by atoms with Crippen LogP contribution in [0.15, 0.2) is 53.6 Å². The predicted molar refractivity (Wildman–Crippen MR) is 134 cm³/mol. The largest absolute Gasteiger partial charge is 0.318 e. The summed E-state index contributed by atoms with van der Waals surface area (Å²) in [5, 5.41) is 4.52. The number of aromatic nitrogens is 1. The summed E-state index contributed by atoms with van der Waals surface area (Å²) < 4.78 is 27.5. The van der Waals surface area contributed by atoms with Crippen LogP contribution in [0.2, 0.25) is 5.02 Å². The molecule has 33 heavy (non-hydrogen) atoms. The molecule has 0 atom stereocenters. The minimum Gasteiger partial charge on any atom is -0.318 e. The van der Waals surface area contributed by atoms with Crippen molar-refractivity contribution in [3.05, 3.63) is 81.6 Å². The van der Waals surface area contributed by atoms with Crippen LogP contribution < -0.4 is 9.73 Å². The van der Waals surface area contributed by atoms with Gasteiger partial charge in [-0.15, -0.1) is 0 Å². The number of hydrazone groups is 1. The van der Waals surface area contributed by atoms with Crippen LogP contribution in [0.25, 0.3) is 5.69 Å². The van der Waals surface area contributed by atoms with Gasteiger partial charge >= 0.3 is 0 Å².